The number of rotatable bonds is 2. The first-order valence-electron chi connectivity index (χ1n) is 4.71. The molecule has 0 aliphatic rings. The molecule has 0 radical (unpaired) electrons. The lowest BCUT2D eigenvalue weighted by Gasteiger charge is -2.07. The first kappa shape index (κ1) is 10.7. The minimum absolute atomic E-state index is 0.536. The molecule has 0 amide bonds. The molecule has 0 saturated carbocycles. The molecule has 5 heteroatoms. The van der Waals surface area contributed by atoms with E-state index in [4.69, 9.17) is 23.2 Å². The molecule has 0 aliphatic carbocycles. The molecule has 0 aliphatic heterocycles. The Morgan fingerprint density at radius 2 is 2.13 bits per heavy atom. The number of hydrogen-bond acceptors (Lipinski definition) is 2. The number of alkyl halides is 1. The van der Waals surface area contributed by atoms with Gasteiger partial charge < -0.3 is 0 Å². The van der Waals surface area contributed by atoms with Crippen LogP contribution in [0.3, 0.4) is 0 Å². The fraction of sp³-hybridized carbons (Fsp3) is 0.400. The van der Waals surface area contributed by atoms with Crippen molar-refractivity contribution >= 4 is 28.8 Å². The summed E-state index contributed by atoms with van der Waals surface area (Å²) in [6, 6.07) is 1.91. The van der Waals surface area contributed by atoms with Crippen LogP contribution in [0, 0.1) is 13.8 Å². The second-order valence-corrected chi connectivity index (χ2v) is 4.20. The molecular formula is C10H11Cl2N3. The van der Waals surface area contributed by atoms with E-state index < -0.39 is 0 Å². The van der Waals surface area contributed by atoms with Gasteiger partial charge in [-0.3, -0.25) is 0 Å². The maximum atomic E-state index is 6.24. The fourth-order valence-corrected chi connectivity index (χ4v) is 2.15. The molecule has 3 nitrogen and oxygen atoms in total. The van der Waals surface area contributed by atoms with Gasteiger partial charge >= 0.3 is 0 Å². The largest absolute Gasteiger partial charge is 0.233 e. The van der Waals surface area contributed by atoms with Gasteiger partial charge in [0.15, 0.2) is 5.65 Å². The van der Waals surface area contributed by atoms with Gasteiger partial charge in [0.1, 0.15) is 5.15 Å². The van der Waals surface area contributed by atoms with Gasteiger partial charge in [-0.25, -0.2) is 9.50 Å². The van der Waals surface area contributed by atoms with E-state index >= 15 is 0 Å². The lowest BCUT2D eigenvalue weighted by molar-refractivity contribution is 0.882. The average molecular weight is 244 g/mol. The van der Waals surface area contributed by atoms with Gasteiger partial charge in [-0.2, -0.15) is 5.10 Å². The number of nitrogens with zero attached hydrogens (tertiary/aromatic N) is 3. The average Bonchev–Trinajstić information content (AvgIpc) is 2.53. The molecule has 0 unspecified atom stereocenters. The number of aryl methyl sites for hydroxylation is 2. The summed E-state index contributed by atoms with van der Waals surface area (Å²) < 4.78 is 1.66. The third-order valence-corrected chi connectivity index (χ3v) is 2.89. The highest BCUT2D eigenvalue weighted by Gasteiger charge is 2.11. The highest BCUT2D eigenvalue weighted by atomic mass is 35.5. The Hall–Kier alpha value is -0.800. The summed E-state index contributed by atoms with van der Waals surface area (Å²) in [4.78, 5) is 4.43. The van der Waals surface area contributed by atoms with Crippen molar-refractivity contribution in [3.05, 3.63) is 28.2 Å². The van der Waals surface area contributed by atoms with Crippen LogP contribution in [0.25, 0.3) is 5.65 Å². The molecule has 2 aromatic heterocycles. The van der Waals surface area contributed by atoms with Gasteiger partial charge in [0.2, 0.25) is 0 Å². The molecule has 0 spiro atoms. The molecule has 0 aromatic carbocycles. The van der Waals surface area contributed by atoms with E-state index in [1.807, 2.05) is 19.9 Å². The summed E-state index contributed by atoms with van der Waals surface area (Å²) >= 11 is 12.0. The highest BCUT2D eigenvalue weighted by Crippen LogP contribution is 2.21. The van der Waals surface area contributed by atoms with Crippen molar-refractivity contribution in [1.29, 1.82) is 0 Å². The molecule has 0 atom stereocenters. The van der Waals surface area contributed by atoms with E-state index in [2.05, 4.69) is 10.1 Å². The van der Waals surface area contributed by atoms with Crippen molar-refractivity contribution in [3.8, 4) is 0 Å². The summed E-state index contributed by atoms with van der Waals surface area (Å²) in [6.07, 6.45) is 0.716. The minimum Gasteiger partial charge on any atom is -0.233 e. The quantitative estimate of drug-likeness (QED) is 0.600. The predicted molar refractivity (Wildman–Crippen MR) is 61.9 cm³/mol. The number of aromatic nitrogens is 3. The fourth-order valence-electron chi connectivity index (χ4n) is 1.60. The van der Waals surface area contributed by atoms with Crippen LogP contribution in [-0.2, 0) is 6.42 Å². The zero-order valence-electron chi connectivity index (χ0n) is 8.59. The van der Waals surface area contributed by atoms with E-state index in [1.54, 1.807) is 4.52 Å². The Morgan fingerprint density at radius 3 is 2.80 bits per heavy atom. The van der Waals surface area contributed by atoms with E-state index in [0.29, 0.717) is 17.5 Å². The minimum atomic E-state index is 0.536. The summed E-state index contributed by atoms with van der Waals surface area (Å²) in [5.74, 6) is 0.536. The van der Waals surface area contributed by atoms with Gasteiger partial charge in [-0.15, -0.1) is 11.6 Å². The lowest BCUT2D eigenvalue weighted by atomic mass is 10.2. The monoisotopic (exact) mass is 243 g/mol. The smallest absolute Gasteiger partial charge is 0.157 e. The molecule has 2 heterocycles. The Labute approximate surface area is 98.0 Å². The van der Waals surface area contributed by atoms with Crippen LogP contribution >= 0.6 is 23.2 Å². The predicted octanol–water partition coefficient (Wildman–Crippen LogP) is 2.78. The van der Waals surface area contributed by atoms with Crippen LogP contribution in [0.15, 0.2) is 6.07 Å². The zero-order valence-corrected chi connectivity index (χ0v) is 10.1. The van der Waals surface area contributed by atoms with Crippen molar-refractivity contribution in [3.63, 3.8) is 0 Å². The zero-order chi connectivity index (χ0) is 11.0. The third kappa shape index (κ3) is 1.82. The summed E-state index contributed by atoms with van der Waals surface area (Å²) in [5, 5.41) is 4.89. The Kier molecular flexibility index (Phi) is 2.85. The molecule has 0 saturated heterocycles. The van der Waals surface area contributed by atoms with Crippen LogP contribution in [0.4, 0.5) is 0 Å². The Morgan fingerprint density at radius 1 is 1.40 bits per heavy atom. The van der Waals surface area contributed by atoms with Crippen LogP contribution < -0.4 is 0 Å². The second-order valence-electron chi connectivity index (χ2n) is 3.46. The van der Waals surface area contributed by atoms with E-state index in [-0.39, 0.29) is 0 Å². The maximum absolute atomic E-state index is 6.24. The van der Waals surface area contributed by atoms with Gasteiger partial charge in [0.05, 0.1) is 5.69 Å². The van der Waals surface area contributed by atoms with Crippen molar-refractivity contribution < 1.29 is 0 Å². The molecule has 0 bridgehead atoms. The van der Waals surface area contributed by atoms with Crippen LogP contribution in [0.1, 0.15) is 17.0 Å². The van der Waals surface area contributed by atoms with Crippen molar-refractivity contribution in [2.45, 2.75) is 20.3 Å². The van der Waals surface area contributed by atoms with Crippen molar-refractivity contribution in [2.75, 3.05) is 5.88 Å². The van der Waals surface area contributed by atoms with Crippen molar-refractivity contribution in [1.82, 2.24) is 14.6 Å². The summed E-state index contributed by atoms with van der Waals surface area (Å²) in [6.45, 7) is 3.86. The van der Waals surface area contributed by atoms with E-state index in [9.17, 15) is 0 Å². The Bertz CT molecular complexity index is 505. The molecule has 0 fully saturated rings. The number of fused-ring (bicyclic) bond motifs is 1. The SMILES string of the molecule is Cc1cc2nc(C)c(CCCl)c(Cl)n2n1. The first-order valence-corrected chi connectivity index (χ1v) is 5.62. The number of hydrogen-bond donors (Lipinski definition) is 0. The normalized spacial score (nSPS) is 11.2. The molecule has 15 heavy (non-hydrogen) atoms. The highest BCUT2D eigenvalue weighted by molar-refractivity contribution is 6.30. The lowest BCUT2D eigenvalue weighted by Crippen LogP contribution is -2.03. The molecule has 0 N–H and O–H groups in total. The molecule has 2 rings (SSSR count). The second kappa shape index (κ2) is 3.99. The Balaban J connectivity index is 2.71. The maximum Gasteiger partial charge on any atom is 0.157 e. The van der Waals surface area contributed by atoms with E-state index in [0.717, 1.165) is 22.6 Å². The van der Waals surface area contributed by atoms with Crippen LogP contribution in [-0.4, -0.2) is 20.5 Å². The molecule has 2 aromatic rings. The molecule has 80 valence electrons. The van der Waals surface area contributed by atoms with Crippen molar-refractivity contribution in [2.24, 2.45) is 0 Å². The van der Waals surface area contributed by atoms with Gasteiger partial charge in [0, 0.05) is 23.2 Å². The third-order valence-electron chi connectivity index (χ3n) is 2.31. The standard InChI is InChI=1S/C10H11Cl2N3/c1-6-5-9-13-7(2)8(3-4-11)10(12)15(9)14-6/h5H,3-4H2,1-2H3. The van der Waals surface area contributed by atoms with Crippen LogP contribution in [0.5, 0.6) is 0 Å². The van der Waals surface area contributed by atoms with Gasteiger partial charge in [-0.1, -0.05) is 11.6 Å². The molecular weight excluding hydrogens is 233 g/mol. The van der Waals surface area contributed by atoms with Gasteiger partial charge in [0.25, 0.3) is 0 Å². The van der Waals surface area contributed by atoms with E-state index in [1.165, 1.54) is 0 Å². The summed E-state index contributed by atoms with van der Waals surface area (Å²) in [5.41, 5.74) is 3.59. The first-order chi connectivity index (χ1) is 7.13. The topological polar surface area (TPSA) is 30.2 Å². The van der Waals surface area contributed by atoms with Gasteiger partial charge in [-0.05, 0) is 20.3 Å². The number of halogens is 2. The van der Waals surface area contributed by atoms with Crippen LogP contribution in [0.2, 0.25) is 5.15 Å². The summed E-state index contributed by atoms with van der Waals surface area (Å²) in [7, 11) is 0.